The highest BCUT2D eigenvalue weighted by Gasteiger charge is 2.23. The van der Waals surface area contributed by atoms with Gasteiger partial charge in [-0.3, -0.25) is 4.79 Å². The molecule has 0 radical (unpaired) electrons. The van der Waals surface area contributed by atoms with Crippen LogP contribution in [-0.4, -0.2) is 68.6 Å². The molecule has 0 aromatic heterocycles. The Kier molecular flexibility index (Phi) is 5.18. The van der Waals surface area contributed by atoms with Crippen LogP contribution in [0.25, 0.3) is 0 Å². The Bertz CT molecular complexity index is 226. The number of piperidine rings is 1. The minimum absolute atomic E-state index is 0.246. The first-order valence-electron chi connectivity index (χ1n) is 5.90. The molecule has 1 saturated heterocycles. The van der Waals surface area contributed by atoms with Crippen molar-refractivity contribution in [2.45, 2.75) is 24.9 Å². The first-order chi connectivity index (χ1) is 7.54. The summed E-state index contributed by atoms with van der Waals surface area (Å²) in [6.07, 6.45) is 2.34. The van der Waals surface area contributed by atoms with Crippen LogP contribution in [0.15, 0.2) is 0 Å². The molecule has 3 N–H and O–H groups in total. The molecule has 1 unspecified atom stereocenters. The molecule has 16 heavy (non-hydrogen) atoms. The Balaban J connectivity index is 2.39. The Labute approximate surface area is 98.0 Å². The quantitative estimate of drug-likeness (QED) is 0.639. The topological polar surface area (TPSA) is 61.6 Å². The van der Waals surface area contributed by atoms with Gasteiger partial charge in [0.05, 0.1) is 6.04 Å². The van der Waals surface area contributed by atoms with Gasteiger partial charge in [0.2, 0.25) is 5.91 Å². The smallest absolute Gasteiger partial charge is 0.235 e. The largest absolute Gasteiger partial charge is 0.368 e. The molecule has 1 atom stereocenters. The Morgan fingerprint density at radius 1 is 1.56 bits per heavy atom. The summed E-state index contributed by atoms with van der Waals surface area (Å²) in [4.78, 5) is 15.7. The highest BCUT2D eigenvalue weighted by Crippen LogP contribution is 2.14. The van der Waals surface area contributed by atoms with Gasteiger partial charge in [-0.1, -0.05) is 0 Å². The second-order valence-corrected chi connectivity index (χ2v) is 4.72. The monoisotopic (exact) mass is 228 g/mol. The van der Waals surface area contributed by atoms with Gasteiger partial charge in [-0.25, -0.2) is 0 Å². The van der Waals surface area contributed by atoms with Gasteiger partial charge in [0.15, 0.2) is 0 Å². The third kappa shape index (κ3) is 3.73. The Morgan fingerprint density at radius 3 is 2.56 bits per heavy atom. The average molecular weight is 228 g/mol. The van der Waals surface area contributed by atoms with Crippen LogP contribution in [0.1, 0.15) is 12.8 Å². The molecule has 94 valence electrons. The lowest BCUT2D eigenvalue weighted by atomic mass is 10.0. The molecule has 1 amide bonds. The van der Waals surface area contributed by atoms with Gasteiger partial charge >= 0.3 is 0 Å². The maximum absolute atomic E-state index is 11.1. The van der Waals surface area contributed by atoms with E-state index in [1.165, 1.54) is 12.8 Å². The zero-order valence-corrected chi connectivity index (χ0v) is 10.6. The van der Waals surface area contributed by atoms with Crippen molar-refractivity contribution in [2.75, 3.05) is 40.8 Å². The lowest BCUT2D eigenvalue weighted by molar-refractivity contribution is -0.120. The normalized spacial score (nSPS) is 21.2. The van der Waals surface area contributed by atoms with Gasteiger partial charge in [0.25, 0.3) is 0 Å². The van der Waals surface area contributed by atoms with Crippen LogP contribution in [0.3, 0.4) is 0 Å². The van der Waals surface area contributed by atoms with E-state index in [0.29, 0.717) is 12.6 Å². The standard InChI is InChI=1S/C11H24N4O/c1-13-10(11(12)16)8-15(3)9-4-6-14(2)7-5-9/h9-10,13H,4-8H2,1-3H3,(H2,12,16). The van der Waals surface area contributed by atoms with Gasteiger partial charge in [-0.05, 0) is 47.1 Å². The summed E-state index contributed by atoms with van der Waals surface area (Å²) >= 11 is 0. The molecular weight excluding hydrogens is 204 g/mol. The van der Waals surface area contributed by atoms with Crippen LogP contribution in [0.5, 0.6) is 0 Å². The number of hydrogen-bond acceptors (Lipinski definition) is 4. The number of rotatable bonds is 5. The average Bonchev–Trinajstić information content (AvgIpc) is 2.26. The molecule has 0 aromatic carbocycles. The molecule has 0 aromatic rings. The number of carbonyl (C=O) groups excluding carboxylic acids is 1. The van der Waals surface area contributed by atoms with Gasteiger partial charge in [0.1, 0.15) is 0 Å². The third-order valence-corrected chi connectivity index (χ3v) is 3.47. The highest BCUT2D eigenvalue weighted by molar-refractivity contribution is 5.80. The molecule has 1 aliphatic rings. The van der Waals surface area contributed by atoms with Crippen molar-refractivity contribution in [1.82, 2.24) is 15.1 Å². The summed E-state index contributed by atoms with van der Waals surface area (Å²) < 4.78 is 0. The summed E-state index contributed by atoms with van der Waals surface area (Å²) in [5.41, 5.74) is 5.31. The number of nitrogens with one attached hydrogen (secondary N) is 1. The second kappa shape index (κ2) is 6.18. The van der Waals surface area contributed by atoms with E-state index in [4.69, 9.17) is 5.73 Å². The molecule has 0 bridgehead atoms. The molecule has 5 nitrogen and oxygen atoms in total. The predicted octanol–water partition coefficient (Wildman–Crippen LogP) is -0.914. The van der Waals surface area contributed by atoms with Crippen molar-refractivity contribution in [2.24, 2.45) is 5.73 Å². The zero-order valence-electron chi connectivity index (χ0n) is 10.6. The summed E-state index contributed by atoms with van der Waals surface area (Å²) in [6.45, 7) is 2.96. The fourth-order valence-corrected chi connectivity index (χ4v) is 2.20. The summed E-state index contributed by atoms with van der Waals surface area (Å²) in [7, 11) is 6.00. The molecule has 1 rings (SSSR count). The van der Waals surface area contributed by atoms with Crippen molar-refractivity contribution >= 4 is 5.91 Å². The lowest BCUT2D eigenvalue weighted by Gasteiger charge is -2.36. The van der Waals surface area contributed by atoms with Gasteiger partial charge in [-0.2, -0.15) is 0 Å². The van der Waals surface area contributed by atoms with Crippen LogP contribution < -0.4 is 11.1 Å². The van der Waals surface area contributed by atoms with E-state index >= 15 is 0 Å². The van der Waals surface area contributed by atoms with Gasteiger partial charge in [-0.15, -0.1) is 0 Å². The summed E-state index contributed by atoms with van der Waals surface area (Å²) in [5.74, 6) is -0.276. The molecule has 0 saturated carbocycles. The van der Waals surface area contributed by atoms with Crippen molar-refractivity contribution in [3.05, 3.63) is 0 Å². The van der Waals surface area contributed by atoms with Crippen molar-refractivity contribution in [3.8, 4) is 0 Å². The van der Waals surface area contributed by atoms with Crippen LogP contribution in [-0.2, 0) is 4.79 Å². The zero-order chi connectivity index (χ0) is 12.1. The predicted molar refractivity (Wildman–Crippen MR) is 65.2 cm³/mol. The lowest BCUT2D eigenvalue weighted by Crippen LogP contribution is -2.51. The van der Waals surface area contributed by atoms with Gasteiger partial charge in [0, 0.05) is 12.6 Å². The summed E-state index contributed by atoms with van der Waals surface area (Å²) in [6, 6.07) is 0.330. The first kappa shape index (κ1) is 13.4. The van der Waals surface area contributed by atoms with Crippen LogP contribution in [0.4, 0.5) is 0 Å². The van der Waals surface area contributed by atoms with E-state index in [0.717, 1.165) is 13.1 Å². The van der Waals surface area contributed by atoms with E-state index < -0.39 is 0 Å². The van der Waals surface area contributed by atoms with E-state index in [9.17, 15) is 4.79 Å². The maximum atomic E-state index is 11.1. The number of likely N-dealkylation sites (N-methyl/N-ethyl adjacent to an activating group) is 2. The van der Waals surface area contributed by atoms with E-state index in [1.807, 2.05) is 0 Å². The maximum Gasteiger partial charge on any atom is 0.235 e. The van der Waals surface area contributed by atoms with E-state index in [-0.39, 0.29) is 11.9 Å². The number of primary amides is 1. The Hall–Kier alpha value is -0.650. The van der Waals surface area contributed by atoms with E-state index in [2.05, 4.69) is 29.2 Å². The fraction of sp³-hybridized carbons (Fsp3) is 0.909. The molecule has 0 aliphatic carbocycles. The fourth-order valence-electron chi connectivity index (χ4n) is 2.20. The van der Waals surface area contributed by atoms with Crippen LogP contribution >= 0.6 is 0 Å². The first-order valence-corrected chi connectivity index (χ1v) is 5.90. The number of carbonyl (C=O) groups is 1. The molecule has 5 heteroatoms. The van der Waals surface area contributed by atoms with Crippen molar-refractivity contribution in [1.29, 1.82) is 0 Å². The van der Waals surface area contributed by atoms with E-state index in [1.54, 1.807) is 7.05 Å². The van der Waals surface area contributed by atoms with Crippen molar-refractivity contribution in [3.63, 3.8) is 0 Å². The summed E-state index contributed by atoms with van der Waals surface area (Å²) in [5, 5.41) is 2.95. The second-order valence-electron chi connectivity index (χ2n) is 4.72. The third-order valence-electron chi connectivity index (χ3n) is 3.47. The molecular formula is C11H24N4O. The molecule has 1 heterocycles. The minimum Gasteiger partial charge on any atom is -0.368 e. The number of amides is 1. The van der Waals surface area contributed by atoms with Gasteiger partial charge < -0.3 is 20.9 Å². The molecule has 0 spiro atoms. The Morgan fingerprint density at radius 2 is 2.12 bits per heavy atom. The highest BCUT2D eigenvalue weighted by atomic mass is 16.1. The number of likely N-dealkylation sites (tertiary alicyclic amines) is 1. The molecule has 1 fully saturated rings. The molecule has 1 aliphatic heterocycles. The van der Waals surface area contributed by atoms with Crippen LogP contribution in [0, 0.1) is 0 Å². The number of nitrogens with zero attached hydrogens (tertiary/aromatic N) is 2. The van der Waals surface area contributed by atoms with Crippen molar-refractivity contribution < 1.29 is 4.79 Å². The number of hydrogen-bond donors (Lipinski definition) is 2. The number of nitrogens with two attached hydrogens (primary N) is 1. The van der Waals surface area contributed by atoms with Crippen LogP contribution in [0.2, 0.25) is 0 Å². The minimum atomic E-state index is -0.276. The SMILES string of the molecule is CNC(CN(C)C1CCN(C)CC1)C(N)=O.